The van der Waals surface area contributed by atoms with Gasteiger partial charge in [-0.1, -0.05) is 6.07 Å². The lowest BCUT2D eigenvalue weighted by Crippen LogP contribution is -1.99. The summed E-state index contributed by atoms with van der Waals surface area (Å²) in [6.45, 7) is 0. The minimum atomic E-state index is -0.574. The topological polar surface area (TPSA) is 89.1 Å². The first-order chi connectivity index (χ1) is 11.0. The highest BCUT2D eigenvalue weighted by Crippen LogP contribution is 2.39. The Morgan fingerprint density at radius 3 is 2.35 bits per heavy atom. The fourth-order valence-electron chi connectivity index (χ4n) is 2.50. The third-order valence-corrected chi connectivity index (χ3v) is 3.50. The van der Waals surface area contributed by atoms with Crippen molar-refractivity contribution in [2.45, 2.75) is 0 Å². The molecule has 118 valence electrons. The third-order valence-electron chi connectivity index (χ3n) is 3.50. The Morgan fingerprint density at radius 2 is 1.70 bits per heavy atom. The van der Waals surface area contributed by atoms with Gasteiger partial charge in [-0.2, -0.15) is 0 Å². The predicted octanol–water partition coefficient (Wildman–Crippen LogP) is 2.89. The standard InChI is InChI=1S/C17H14O6/c1-21-13-4-3-9(5-12(13)19)11-8-16(20)23-15-7-10(18)6-14(22-2)17(11)15/h3-8,18-19H,1-2H3. The van der Waals surface area contributed by atoms with Gasteiger partial charge in [0.2, 0.25) is 0 Å². The first kappa shape index (κ1) is 14.8. The van der Waals surface area contributed by atoms with Gasteiger partial charge >= 0.3 is 5.63 Å². The van der Waals surface area contributed by atoms with Crippen LogP contribution in [0.3, 0.4) is 0 Å². The number of ether oxygens (including phenoxy) is 2. The van der Waals surface area contributed by atoms with E-state index >= 15 is 0 Å². The van der Waals surface area contributed by atoms with Gasteiger partial charge in [-0.15, -0.1) is 0 Å². The molecular formula is C17H14O6. The predicted molar refractivity (Wildman–Crippen MR) is 84.4 cm³/mol. The number of phenols is 2. The van der Waals surface area contributed by atoms with Crippen LogP contribution in [0.2, 0.25) is 0 Å². The lowest BCUT2D eigenvalue weighted by atomic mass is 10.0. The summed E-state index contributed by atoms with van der Waals surface area (Å²) in [5.41, 5.74) is 0.728. The largest absolute Gasteiger partial charge is 0.508 e. The van der Waals surface area contributed by atoms with E-state index < -0.39 is 5.63 Å². The maximum absolute atomic E-state index is 11.8. The normalized spacial score (nSPS) is 10.7. The second-order valence-electron chi connectivity index (χ2n) is 4.89. The van der Waals surface area contributed by atoms with Gasteiger partial charge in [0.05, 0.1) is 19.6 Å². The molecule has 0 aliphatic rings. The molecule has 0 saturated heterocycles. The van der Waals surface area contributed by atoms with Crippen LogP contribution >= 0.6 is 0 Å². The number of rotatable bonds is 3. The molecule has 0 aliphatic carbocycles. The Balaban J connectivity index is 2.36. The van der Waals surface area contributed by atoms with E-state index in [2.05, 4.69) is 0 Å². The van der Waals surface area contributed by atoms with E-state index in [1.165, 1.54) is 38.5 Å². The van der Waals surface area contributed by atoms with Crippen molar-refractivity contribution in [1.82, 2.24) is 0 Å². The summed E-state index contributed by atoms with van der Waals surface area (Å²) in [7, 11) is 2.90. The fourth-order valence-corrected chi connectivity index (χ4v) is 2.50. The highest BCUT2D eigenvalue weighted by atomic mass is 16.5. The molecule has 0 fully saturated rings. The van der Waals surface area contributed by atoms with Crippen molar-refractivity contribution in [3.63, 3.8) is 0 Å². The molecule has 0 atom stereocenters. The first-order valence-corrected chi connectivity index (χ1v) is 6.75. The number of hydrogen-bond donors (Lipinski definition) is 2. The number of methoxy groups -OCH3 is 2. The Bertz CT molecular complexity index is 942. The quantitative estimate of drug-likeness (QED) is 0.723. The summed E-state index contributed by atoms with van der Waals surface area (Å²) >= 11 is 0. The number of phenolic OH excluding ortho intramolecular Hbond substituents is 2. The summed E-state index contributed by atoms with van der Waals surface area (Å²) in [4.78, 5) is 11.8. The van der Waals surface area contributed by atoms with E-state index in [1.54, 1.807) is 12.1 Å². The van der Waals surface area contributed by atoms with Gasteiger partial charge in [-0.05, 0) is 17.7 Å². The third kappa shape index (κ3) is 2.55. The molecule has 0 spiro atoms. The lowest BCUT2D eigenvalue weighted by molar-refractivity contribution is 0.373. The van der Waals surface area contributed by atoms with Crippen molar-refractivity contribution in [2.75, 3.05) is 14.2 Å². The molecule has 3 aromatic rings. The van der Waals surface area contributed by atoms with Gasteiger partial charge in [-0.3, -0.25) is 0 Å². The van der Waals surface area contributed by atoms with Gasteiger partial charge in [0, 0.05) is 23.8 Å². The molecule has 0 unspecified atom stereocenters. The molecule has 0 saturated carbocycles. The van der Waals surface area contributed by atoms with Crippen LogP contribution in [0, 0.1) is 0 Å². The van der Waals surface area contributed by atoms with Crippen LogP contribution in [0.15, 0.2) is 45.6 Å². The van der Waals surface area contributed by atoms with Crippen LogP contribution in [0.25, 0.3) is 22.1 Å². The summed E-state index contributed by atoms with van der Waals surface area (Å²) in [5.74, 6) is 0.552. The van der Waals surface area contributed by atoms with Crippen LogP contribution in [0.1, 0.15) is 0 Å². The average Bonchev–Trinajstić information content (AvgIpc) is 2.52. The monoisotopic (exact) mass is 314 g/mol. The molecule has 0 aliphatic heterocycles. The van der Waals surface area contributed by atoms with Crippen molar-refractivity contribution in [3.05, 3.63) is 46.8 Å². The number of fused-ring (bicyclic) bond motifs is 1. The SMILES string of the molecule is COc1ccc(-c2cc(=O)oc3cc(O)cc(OC)c23)cc1O. The molecule has 2 N–H and O–H groups in total. The smallest absolute Gasteiger partial charge is 0.336 e. The molecule has 0 amide bonds. The summed E-state index contributed by atoms with van der Waals surface area (Å²) in [6, 6.07) is 8.86. The van der Waals surface area contributed by atoms with Crippen molar-refractivity contribution >= 4 is 11.0 Å². The number of benzene rings is 2. The fraction of sp³-hybridized carbons (Fsp3) is 0.118. The molecule has 1 aromatic heterocycles. The maximum atomic E-state index is 11.8. The average molecular weight is 314 g/mol. The molecule has 3 rings (SSSR count). The minimum Gasteiger partial charge on any atom is -0.508 e. The van der Waals surface area contributed by atoms with Gasteiger partial charge in [0.1, 0.15) is 17.1 Å². The Hall–Kier alpha value is -3.15. The van der Waals surface area contributed by atoms with Crippen LogP contribution in [0.5, 0.6) is 23.0 Å². The van der Waals surface area contributed by atoms with Crippen LogP contribution in [-0.2, 0) is 0 Å². The molecule has 0 bridgehead atoms. The molecule has 2 aromatic carbocycles. The second-order valence-corrected chi connectivity index (χ2v) is 4.89. The second kappa shape index (κ2) is 5.57. The molecule has 6 heteroatoms. The highest BCUT2D eigenvalue weighted by molar-refractivity contribution is 5.98. The lowest BCUT2D eigenvalue weighted by Gasteiger charge is -2.11. The molecule has 1 heterocycles. The van der Waals surface area contributed by atoms with Crippen LogP contribution in [0.4, 0.5) is 0 Å². The zero-order valence-corrected chi connectivity index (χ0v) is 12.5. The van der Waals surface area contributed by atoms with Crippen molar-refractivity contribution in [2.24, 2.45) is 0 Å². The summed E-state index contributed by atoms with van der Waals surface area (Å²) in [5, 5.41) is 20.2. The van der Waals surface area contributed by atoms with E-state index in [-0.39, 0.29) is 17.1 Å². The molecule has 0 radical (unpaired) electrons. The van der Waals surface area contributed by atoms with Gasteiger partial charge in [-0.25, -0.2) is 4.79 Å². The number of aromatic hydroxyl groups is 2. The molecular weight excluding hydrogens is 300 g/mol. The van der Waals surface area contributed by atoms with Crippen molar-refractivity contribution in [1.29, 1.82) is 0 Å². The Labute approximate surface area is 131 Å². The van der Waals surface area contributed by atoms with Crippen molar-refractivity contribution < 1.29 is 24.1 Å². The molecule has 6 nitrogen and oxygen atoms in total. The zero-order valence-electron chi connectivity index (χ0n) is 12.5. The Kier molecular flexibility index (Phi) is 3.57. The van der Waals surface area contributed by atoms with E-state index in [4.69, 9.17) is 13.9 Å². The van der Waals surface area contributed by atoms with Gasteiger partial charge in [0.15, 0.2) is 11.5 Å². The van der Waals surface area contributed by atoms with Crippen LogP contribution < -0.4 is 15.1 Å². The zero-order chi connectivity index (χ0) is 16.6. The van der Waals surface area contributed by atoms with Crippen LogP contribution in [-0.4, -0.2) is 24.4 Å². The van der Waals surface area contributed by atoms with Gasteiger partial charge in [0.25, 0.3) is 0 Å². The van der Waals surface area contributed by atoms with E-state index in [1.807, 2.05) is 0 Å². The van der Waals surface area contributed by atoms with E-state index in [0.717, 1.165) is 0 Å². The van der Waals surface area contributed by atoms with Gasteiger partial charge < -0.3 is 24.1 Å². The van der Waals surface area contributed by atoms with E-state index in [9.17, 15) is 15.0 Å². The van der Waals surface area contributed by atoms with E-state index in [0.29, 0.717) is 28.0 Å². The summed E-state index contributed by atoms with van der Waals surface area (Å²) in [6.07, 6.45) is 0. The first-order valence-electron chi connectivity index (χ1n) is 6.75. The van der Waals surface area contributed by atoms with Crippen molar-refractivity contribution in [3.8, 4) is 34.1 Å². The number of hydrogen-bond acceptors (Lipinski definition) is 6. The molecule has 23 heavy (non-hydrogen) atoms. The maximum Gasteiger partial charge on any atom is 0.336 e. The summed E-state index contributed by atoms with van der Waals surface area (Å²) < 4.78 is 15.4. The highest BCUT2D eigenvalue weighted by Gasteiger charge is 2.15. The Morgan fingerprint density at radius 1 is 0.957 bits per heavy atom. The minimum absolute atomic E-state index is 0.0517.